The van der Waals surface area contributed by atoms with E-state index in [2.05, 4.69) is 38.5 Å². The highest BCUT2D eigenvalue weighted by atomic mass is 127. The van der Waals surface area contributed by atoms with Crippen molar-refractivity contribution in [2.45, 2.75) is 6.54 Å². The maximum absolute atomic E-state index is 12.1. The molecule has 0 atom stereocenters. The van der Waals surface area contributed by atoms with Gasteiger partial charge in [0.1, 0.15) is 5.75 Å². The van der Waals surface area contributed by atoms with Crippen LogP contribution in [0.1, 0.15) is 5.56 Å². The molecule has 0 bridgehead atoms. The Kier molecular flexibility index (Phi) is 3.98. The molecule has 0 saturated carbocycles. The number of carbonyl (C=O) groups is 1. The molecule has 0 N–H and O–H groups in total. The standard InChI is InChI=1S/C15H11BrINO2/c16-11-3-1-2-10(6-11)8-18-13-5-4-12(17)7-14(13)20-9-15(18)19/h1-7H,8-9H2. The van der Waals surface area contributed by atoms with Crippen LogP contribution in [0.3, 0.4) is 0 Å². The highest BCUT2D eigenvalue weighted by Crippen LogP contribution is 2.34. The lowest BCUT2D eigenvalue weighted by atomic mass is 10.1. The predicted octanol–water partition coefficient (Wildman–Crippen LogP) is 3.98. The fourth-order valence-electron chi connectivity index (χ4n) is 2.17. The molecule has 3 nitrogen and oxygen atoms in total. The third kappa shape index (κ3) is 2.83. The fraction of sp³-hybridized carbons (Fsp3) is 0.133. The maximum Gasteiger partial charge on any atom is 0.265 e. The van der Waals surface area contributed by atoms with E-state index in [1.165, 1.54) is 0 Å². The Morgan fingerprint density at radius 1 is 1.25 bits per heavy atom. The molecule has 2 aromatic rings. The average Bonchev–Trinajstić information content (AvgIpc) is 2.42. The van der Waals surface area contributed by atoms with Crippen molar-refractivity contribution in [3.63, 3.8) is 0 Å². The zero-order chi connectivity index (χ0) is 14.1. The molecule has 1 aliphatic heterocycles. The third-order valence-corrected chi connectivity index (χ3v) is 4.26. The number of ether oxygens (including phenoxy) is 1. The third-order valence-electron chi connectivity index (χ3n) is 3.09. The molecule has 5 heteroatoms. The number of hydrogen-bond donors (Lipinski definition) is 0. The topological polar surface area (TPSA) is 29.5 Å². The second kappa shape index (κ2) is 5.73. The Labute approximate surface area is 139 Å². The van der Waals surface area contributed by atoms with Crippen molar-refractivity contribution >= 4 is 50.1 Å². The first-order chi connectivity index (χ1) is 9.63. The van der Waals surface area contributed by atoms with Crippen LogP contribution < -0.4 is 9.64 Å². The van der Waals surface area contributed by atoms with Gasteiger partial charge in [-0.15, -0.1) is 0 Å². The minimum atomic E-state index is -0.0151. The zero-order valence-corrected chi connectivity index (χ0v) is 14.2. The molecule has 102 valence electrons. The molecule has 0 unspecified atom stereocenters. The van der Waals surface area contributed by atoms with Crippen molar-refractivity contribution in [1.82, 2.24) is 0 Å². The van der Waals surface area contributed by atoms with Gasteiger partial charge in [-0.2, -0.15) is 0 Å². The molecular weight excluding hydrogens is 433 g/mol. The number of halogens is 2. The summed E-state index contributed by atoms with van der Waals surface area (Å²) in [5.74, 6) is 0.755. The molecule has 3 rings (SSSR count). The van der Waals surface area contributed by atoms with Gasteiger partial charge in [0, 0.05) is 8.04 Å². The van der Waals surface area contributed by atoms with Crippen LogP contribution >= 0.6 is 38.5 Å². The second-order valence-corrected chi connectivity index (χ2v) is 6.67. The Balaban J connectivity index is 1.95. The van der Waals surface area contributed by atoms with E-state index >= 15 is 0 Å². The van der Waals surface area contributed by atoms with Gasteiger partial charge in [0.25, 0.3) is 5.91 Å². The first kappa shape index (κ1) is 13.9. The Hall–Kier alpha value is -1.08. The largest absolute Gasteiger partial charge is 0.482 e. The van der Waals surface area contributed by atoms with Crippen molar-refractivity contribution in [1.29, 1.82) is 0 Å². The number of carbonyl (C=O) groups excluding carboxylic acids is 1. The highest BCUT2D eigenvalue weighted by molar-refractivity contribution is 14.1. The van der Waals surface area contributed by atoms with E-state index in [1.807, 2.05) is 42.5 Å². The van der Waals surface area contributed by atoms with E-state index in [1.54, 1.807) is 4.90 Å². The van der Waals surface area contributed by atoms with Gasteiger partial charge in [-0.3, -0.25) is 4.79 Å². The van der Waals surface area contributed by atoms with Crippen LogP contribution in [0.5, 0.6) is 5.75 Å². The minimum Gasteiger partial charge on any atom is -0.482 e. The summed E-state index contributed by atoms with van der Waals surface area (Å²) in [6, 6.07) is 13.9. The molecule has 0 fully saturated rings. The van der Waals surface area contributed by atoms with Crippen LogP contribution in [0, 0.1) is 3.57 Å². The minimum absolute atomic E-state index is 0.0151. The van der Waals surface area contributed by atoms with Crippen LogP contribution in [0.4, 0.5) is 5.69 Å². The van der Waals surface area contributed by atoms with Crippen LogP contribution in [0.2, 0.25) is 0 Å². The van der Waals surface area contributed by atoms with Crippen molar-refractivity contribution in [3.05, 3.63) is 56.1 Å². The Morgan fingerprint density at radius 2 is 2.10 bits per heavy atom. The summed E-state index contributed by atoms with van der Waals surface area (Å²) >= 11 is 5.69. The summed E-state index contributed by atoms with van der Waals surface area (Å²) in [7, 11) is 0. The summed E-state index contributed by atoms with van der Waals surface area (Å²) in [4.78, 5) is 13.9. The molecular formula is C15H11BrINO2. The Morgan fingerprint density at radius 3 is 2.90 bits per heavy atom. The SMILES string of the molecule is O=C1COc2cc(I)ccc2N1Cc1cccc(Br)c1. The van der Waals surface area contributed by atoms with Crippen molar-refractivity contribution < 1.29 is 9.53 Å². The summed E-state index contributed by atoms with van der Waals surface area (Å²) in [5, 5.41) is 0. The summed E-state index contributed by atoms with van der Waals surface area (Å²) < 4.78 is 7.61. The highest BCUT2D eigenvalue weighted by Gasteiger charge is 2.25. The lowest BCUT2D eigenvalue weighted by Crippen LogP contribution is -2.38. The number of nitrogens with zero attached hydrogens (tertiary/aromatic N) is 1. The van der Waals surface area contributed by atoms with Gasteiger partial charge in [0.05, 0.1) is 12.2 Å². The molecule has 20 heavy (non-hydrogen) atoms. The number of rotatable bonds is 2. The van der Waals surface area contributed by atoms with Crippen molar-refractivity contribution in [2.75, 3.05) is 11.5 Å². The smallest absolute Gasteiger partial charge is 0.265 e. The normalized spacial score (nSPS) is 13.9. The van der Waals surface area contributed by atoms with Gasteiger partial charge in [0.15, 0.2) is 6.61 Å². The maximum atomic E-state index is 12.1. The summed E-state index contributed by atoms with van der Waals surface area (Å²) in [6.45, 7) is 0.649. The number of hydrogen-bond acceptors (Lipinski definition) is 2. The lowest BCUT2D eigenvalue weighted by Gasteiger charge is -2.29. The van der Waals surface area contributed by atoms with E-state index in [9.17, 15) is 4.79 Å². The van der Waals surface area contributed by atoms with Gasteiger partial charge in [0.2, 0.25) is 0 Å². The number of amides is 1. The van der Waals surface area contributed by atoms with Crippen molar-refractivity contribution in [3.8, 4) is 5.75 Å². The number of fused-ring (bicyclic) bond motifs is 1. The first-order valence-electron chi connectivity index (χ1n) is 6.10. The first-order valence-corrected chi connectivity index (χ1v) is 7.98. The van der Waals surface area contributed by atoms with Crippen LogP contribution in [-0.2, 0) is 11.3 Å². The predicted molar refractivity (Wildman–Crippen MR) is 90.0 cm³/mol. The van der Waals surface area contributed by atoms with Crippen LogP contribution in [0.25, 0.3) is 0 Å². The van der Waals surface area contributed by atoms with Crippen LogP contribution in [0.15, 0.2) is 46.9 Å². The molecule has 0 spiro atoms. The van der Waals surface area contributed by atoms with Gasteiger partial charge < -0.3 is 9.64 Å². The number of benzene rings is 2. The quantitative estimate of drug-likeness (QED) is 0.657. The zero-order valence-electron chi connectivity index (χ0n) is 10.5. The van der Waals surface area contributed by atoms with Gasteiger partial charge in [-0.05, 0) is 58.5 Å². The molecule has 1 aliphatic rings. The lowest BCUT2D eigenvalue weighted by molar-refractivity contribution is -0.121. The molecule has 1 amide bonds. The van der Waals surface area contributed by atoms with Crippen LogP contribution in [-0.4, -0.2) is 12.5 Å². The summed E-state index contributed by atoms with van der Waals surface area (Å²) in [5.41, 5.74) is 1.92. The molecule has 0 aromatic heterocycles. The van der Waals surface area contributed by atoms with Gasteiger partial charge in [-0.25, -0.2) is 0 Å². The van der Waals surface area contributed by atoms with E-state index < -0.39 is 0 Å². The molecule has 0 radical (unpaired) electrons. The molecule has 2 aromatic carbocycles. The van der Waals surface area contributed by atoms with E-state index in [0.29, 0.717) is 6.54 Å². The fourth-order valence-corrected chi connectivity index (χ4v) is 3.08. The van der Waals surface area contributed by atoms with Crippen molar-refractivity contribution in [2.24, 2.45) is 0 Å². The van der Waals surface area contributed by atoms with Gasteiger partial charge in [-0.1, -0.05) is 28.1 Å². The average molecular weight is 444 g/mol. The monoisotopic (exact) mass is 443 g/mol. The summed E-state index contributed by atoms with van der Waals surface area (Å²) in [6.07, 6.45) is 0. The molecule has 1 heterocycles. The van der Waals surface area contributed by atoms with E-state index in [4.69, 9.17) is 4.74 Å². The van der Waals surface area contributed by atoms with E-state index in [0.717, 1.165) is 25.0 Å². The molecule has 0 aliphatic carbocycles. The number of anilines is 1. The van der Waals surface area contributed by atoms with Gasteiger partial charge >= 0.3 is 0 Å². The second-order valence-electron chi connectivity index (χ2n) is 4.51. The molecule has 0 saturated heterocycles. The van der Waals surface area contributed by atoms with E-state index in [-0.39, 0.29) is 12.5 Å². The Bertz CT molecular complexity index is 675.